The van der Waals surface area contributed by atoms with Gasteiger partial charge in [0.15, 0.2) is 11.0 Å². The number of anilines is 1. The van der Waals surface area contributed by atoms with Crippen molar-refractivity contribution in [2.75, 3.05) is 5.32 Å². The van der Waals surface area contributed by atoms with Crippen LogP contribution in [-0.4, -0.2) is 30.8 Å². The number of nitrogens with one attached hydrogen (secondary N) is 1. The quantitative estimate of drug-likeness (QED) is 0.196. The molecule has 1 aromatic heterocycles. The molecular formula is C25H23N5O4S. The van der Waals surface area contributed by atoms with Crippen molar-refractivity contribution in [1.82, 2.24) is 14.8 Å². The summed E-state index contributed by atoms with van der Waals surface area (Å²) in [7, 11) is 0. The van der Waals surface area contributed by atoms with Gasteiger partial charge in [-0.05, 0) is 43.7 Å². The average molecular weight is 490 g/mol. The van der Waals surface area contributed by atoms with Crippen molar-refractivity contribution < 1.29 is 14.5 Å². The van der Waals surface area contributed by atoms with Crippen LogP contribution in [0.2, 0.25) is 0 Å². The van der Waals surface area contributed by atoms with Crippen molar-refractivity contribution in [3.8, 4) is 11.4 Å². The molecule has 1 heterocycles. The highest BCUT2D eigenvalue weighted by molar-refractivity contribution is 8.00. The van der Waals surface area contributed by atoms with Crippen LogP contribution in [0.3, 0.4) is 0 Å². The molecule has 10 heteroatoms. The molecule has 0 aliphatic heterocycles. The van der Waals surface area contributed by atoms with Crippen LogP contribution in [0.4, 0.5) is 11.4 Å². The lowest BCUT2D eigenvalue weighted by Gasteiger charge is -2.14. The predicted octanol–water partition coefficient (Wildman–Crippen LogP) is 5.18. The van der Waals surface area contributed by atoms with Gasteiger partial charge in [0.25, 0.3) is 5.69 Å². The maximum Gasteiger partial charge on any atom is 0.271 e. The van der Waals surface area contributed by atoms with Gasteiger partial charge in [0.1, 0.15) is 12.4 Å². The fraction of sp³-hybridized carbons (Fsp3) is 0.160. The van der Waals surface area contributed by atoms with Gasteiger partial charge in [0, 0.05) is 23.5 Å². The molecule has 0 saturated carbocycles. The number of aromatic nitrogens is 3. The van der Waals surface area contributed by atoms with Gasteiger partial charge in [0.2, 0.25) is 5.91 Å². The van der Waals surface area contributed by atoms with E-state index in [4.69, 9.17) is 4.74 Å². The van der Waals surface area contributed by atoms with E-state index in [9.17, 15) is 14.9 Å². The van der Waals surface area contributed by atoms with Crippen LogP contribution in [0.15, 0.2) is 84.0 Å². The summed E-state index contributed by atoms with van der Waals surface area (Å²) >= 11 is 1.24. The molecule has 0 aliphatic rings. The molecule has 0 saturated heterocycles. The second-order valence-corrected chi connectivity index (χ2v) is 8.99. The fourth-order valence-electron chi connectivity index (χ4n) is 3.32. The summed E-state index contributed by atoms with van der Waals surface area (Å²) in [5, 5.41) is 22.4. The third-order valence-corrected chi connectivity index (χ3v) is 6.18. The van der Waals surface area contributed by atoms with E-state index in [1.165, 1.54) is 30.0 Å². The van der Waals surface area contributed by atoms with E-state index in [2.05, 4.69) is 15.5 Å². The van der Waals surface area contributed by atoms with E-state index in [0.717, 1.165) is 17.0 Å². The monoisotopic (exact) mass is 489 g/mol. The number of hydrogen-bond donors (Lipinski definition) is 1. The maximum atomic E-state index is 12.8. The molecule has 178 valence electrons. The molecule has 1 atom stereocenters. The smallest absolute Gasteiger partial charge is 0.271 e. The average Bonchev–Trinajstić information content (AvgIpc) is 3.26. The number of nitro groups is 1. The molecule has 1 unspecified atom stereocenters. The Labute approximate surface area is 206 Å². The first kappa shape index (κ1) is 24.0. The number of amides is 1. The minimum absolute atomic E-state index is 0.0924. The molecule has 3 aromatic carbocycles. The summed E-state index contributed by atoms with van der Waals surface area (Å²) in [5.74, 6) is 1.04. The van der Waals surface area contributed by atoms with Crippen molar-refractivity contribution in [2.24, 2.45) is 0 Å². The Bertz CT molecular complexity index is 1340. The number of rotatable bonds is 9. The highest BCUT2D eigenvalue weighted by Crippen LogP contribution is 2.28. The molecule has 1 amide bonds. The van der Waals surface area contributed by atoms with E-state index in [-0.39, 0.29) is 18.2 Å². The number of nitrogens with zero attached hydrogens (tertiary/aromatic N) is 4. The molecular weight excluding hydrogens is 466 g/mol. The molecule has 0 fully saturated rings. The normalized spacial score (nSPS) is 11.6. The van der Waals surface area contributed by atoms with Gasteiger partial charge in [-0.2, -0.15) is 0 Å². The first-order chi connectivity index (χ1) is 16.9. The zero-order valence-electron chi connectivity index (χ0n) is 19.1. The second kappa shape index (κ2) is 10.8. The largest absolute Gasteiger partial charge is 0.485 e. The molecule has 0 bridgehead atoms. The van der Waals surface area contributed by atoms with Crippen molar-refractivity contribution in [2.45, 2.75) is 30.9 Å². The summed E-state index contributed by atoms with van der Waals surface area (Å²) in [6.07, 6.45) is 0. The number of nitro benzene ring substituents is 1. The molecule has 9 nitrogen and oxygen atoms in total. The molecule has 4 aromatic rings. The number of para-hydroxylation sites is 2. The Kier molecular flexibility index (Phi) is 7.41. The summed E-state index contributed by atoms with van der Waals surface area (Å²) in [4.78, 5) is 23.3. The Balaban J connectivity index is 1.53. The molecule has 0 spiro atoms. The van der Waals surface area contributed by atoms with E-state index in [0.29, 0.717) is 16.7 Å². The third kappa shape index (κ3) is 5.85. The molecule has 4 rings (SSSR count). The Morgan fingerprint density at radius 3 is 2.57 bits per heavy atom. The number of aryl methyl sites for hydroxylation is 1. The minimum Gasteiger partial charge on any atom is -0.485 e. The first-order valence-electron chi connectivity index (χ1n) is 10.8. The zero-order chi connectivity index (χ0) is 24.8. The minimum atomic E-state index is -0.550. The van der Waals surface area contributed by atoms with E-state index in [1.54, 1.807) is 13.0 Å². The summed E-state index contributed by atoms with van der Waals surface area (Å²) < 4.78 is 7.85. The highest BCUT2D eigenvalue weighted by Gasteiger charge is 2.22. The van der Waals surface area contributed by atoms with Gasteiger partial charge >= 0.3 is 0 Å². The van der Waals surface area contributed by atoms with Crippen molar-refractivity contribution in [1.29, 1.82) is 0 Å². The highest BCUT2D eigenvalue weighted by atomic mass is 32.2. The van der Waals surface area contributed by atoms with Gasteiger partial charge in [0.05, 0.1) is 10.2 Å². The number of hydrogen-bond acceptors (Lipinski definition) is 7. The third-order valence-electron chi connectivity index (χ3n) is 5.14. The Morgan fingerprint density at radius 1 is 1.09 bits per heavy atom. The van der Waals surface area contributed by atoms with Crippen molar-refractivity contribution >= 4 is 29.0 Å². The van der Waals surface area contributed by atoms with Gasteiger partial charge in [-0.15, -0.1) is 10.2 Å². The number of non-ortho nitro benzene ring substituents is 1. The molecule has 0 aliphatic carbocycles. The lowest BCUT2D eigenvalue weighted by molar-refractivity contribution is -0.384. The maximum absolute atomic E-state index is 12.8. The Hall–Kier alpha value is -4.18. The van der Waals surface area contributed by atoms with E-state index in [1.807, 2.05) is 66.1 Å². The SMILES string of the molecule is Cc1ccccc1OCc1nnc(SC(C)C(=O)Nc2cccc([N+](=O)[O-])c2)n1-c1ccccc1. The standard InChI is InChI=1S/C25H23N5O4S/c1-17-9-6-7-14-22(17)34-16-23-27-28-25(29(23)20-11-4-3-5-12-20)35-18(2)24(31)26-19-10-8-13-21(15-19)30(32)33/h3-15,18H,16H2,1-2H3,(H,26,31). The van der Waals surface area contributed by atoms with Gasteiger partial charge in [-0.3, -0.25) is 19.5 Å². The number of carbonyl (C=O) groups excluding carboxylic acids is 1. The number of carbonyl (C=O) groups is 1. The van der Waals surface area contributed by atoms with Crippen LogP contribution in [0.5, 0.6) is 5.75 Å². The number of benzene rings is 3. The van der Waals surface area contributed by atoms with E-state index >= 15 is 0 Å². The van der Waals surface area contributed by atoms with Crippen LogP contribution in [-0.2, 0) is 11.4 Å². The van der Waals surface area contributed by atoms with Crippen LogP contribution >= 0.6 is 11.8 Å². The van der Waals surface area contributed by atoms with Gasteiger partial charge in [-0.25, -0.2) is 0 Å². The second-order valence-electron chi connectivity index (χ2n) is 7.68. The number of thioether (sulfide) groups is 1. The van der Waals surface area contributed by atoms with Crippen LogP contribution in [0, 0.1) is 17.0 Å². The lowest BCUT2D eigenvalue weighted by atomic mass is 10.2. The van der Waals surface area contributed by atoms with Crippen LogP contribution in [0.25, 0.3) is 5.69 Å². The Morgan fingerprint density at radius 2 is 1.83 bits per heavy atom. The fourth-order valence-corrected chi connectivity index (χ4v) is 4.21. The predicted molar refractivity (Wildman–Crippen MR) is 134 cm³/mol. The summed E-state index contributed by atoms with van der Waals surface area (Å²) in [6, 6.07) is 23.2. The topological polar surface area (TPSA) is 112 Å². The molecule has 1 N–H and O–H groups in total. The van der Waals surface area contributed by atoms with Crippen LogP contribution in [0.1, 0.15) is 18.3 Å². The van der Waals surface area contributed by atoms with Gasteiger partial charge in [-0.1, -0.05) is 54.2 Å². The molecule has 0 radical (unpaired) electrons. The van der Waals surface area contributed by atoms with Gasteiger partial charge < -0.3 is 10.1 Å². The molecule has 35 heavy (non-hydrogen) atoms. The summed E-state index contributed by atoms with van der Waals surface area (Å²) in [6.45, 7) is 3.91. The number of ether oxygens (including phenoxy) is 1. The van der Waals surface area contributed by atoms with Crippen LogP contribution < -0.4 is 10.1 Å². The van der Waals surface area contributed by atoms with E-state index < -0.39 is 10.2 Å². The lowest BCUT2D eigenvalue weighted by Crippen LogP contribution is -2.23. The summed E-state index contributed by atoms with van der Waals surface area (Å²) in [5.41, 5.74) is 2.12. The first-order valence-corrected chi connectivity index (χ1v) is 11.7. The van der Waals surface area contributed by atoms with Crippen molar-refractivity contribution in [3.05, 3.63) is 100 Å². The van der Waals surface area contributed by atoms with Crippen molar-refractivity contribution in [3.63, 3.8) is 0 Å². The zero-order valence-corrected chi connectivity index (χ0v) is 19.9.